The Morgan fingerprint density at radius 3 is 3.09 bits per heavy atom. The summed E-state index contributed by atoms with van der Waals surface area (Å²) in [6, 6.07) is -0.0313. The van der Waals surface area contributed by atoms with Gasteiger partial charge in [-0.2, -0.15) is 0 Å². The maximum Gasteiger partial charge on any atom is 0.197 e. The summed E-state index contributed by atoms with van der Waals surface area (Å²) < 4.78 is 0. The first kappa shape index (κ1) is 7.00. The van der Waals surface area contributed by atoms with E-state index in [0.717, 1.165) is 5.70 Å². The monoisotopic (exact) mass is 189 g/mol. The third kappa shape index (κ3) is 1.10. The van der Waals surface area contributed by atoms with E-state index in [-0.39, 0.29) is 6.04 Å². The molecule has 1 atom stereocenters. The summed E-state index contributed by atoms with van der Waals surface area (Å²) in [7, 11) is 0. The minimum atomic E-state index is -0.0313. The molecular weight excluding hydrogens is 185 g/mol. The molecule has 2 aliphatic heterocycles. The topological polar surface area (TPSA) is 36.4 Å². The molecule has 5 heteroatoms. The Balaban J connectivity index is 2.36. The fraction of sp³-hybridized carbons (Fsp3) is 0.167. The highest BCUT2D eigenvalue weighted by atomic mass is 35.5. The Bertz CT molecular complexity index is 280. The Kier molecular flexibility index (Phi) is 1.55. The highest BCUT2D eigenvalue weighted by Gasteiger charge is 2.23. The van der Waals surface area contributed by atoms with Crippen LogP contribution in [0.25, 0.3) is 0 Å². The lowest BCUT2D eigenvalue weighted by Crippen LogP contribution is -2.28. The zero-order chi connectivity index (χ0) is 7.84. The van der Waals surface area contributed by atoms with Crippen LogP contribution in [-0.2, 0) is 0 Å². The van der Waals surface area contributed by atoms with Gasteiger partial charge in [0.15, 0.2) is 5.29 Å². The summed E-state index contributed by atoms with van der Waals surface area (Å²) in [6.07, 6.45) is 3.68. The van der Waals surface area contributed by atoms with Gasteiger partial charge in [-0.3, -0.25) is 0 Å². The summed E-state index contributed by atoms with van der Waals surface area (Å²) >= 11 is 11.4. The second-order valence-corrected chi connectivity index (χ2v) is 2.96. The number of hydrogen-bond donors (Lipinski definition) is 2. The van der Waals surface area contributed by atoms with E-state index in [4.69, 9.17) is 23.2 Å². The maximum absolute atomic E-state index is 5.81. The molecule has 0 amide bonds. The van der Waals surface area contributed by atoms with Crippen LogP contribution in [0.4, 0.5) is 0 Å². The minimum absolute atomic E-state index is 0.0313. The molecule has 0 radical (unpaired) electrons. The van der Waals surface area contributed by atoms with Gasteiger partial charge in [0.25, 0.3) is 0 Å². The molecule has 0 fully saturated rings. The van der Waals surface area contributed by atoms with E-state index in [0.29, 0.717) is 10.5 Å². The predicted molar refractivity (Wildman–Crippen MR) is 45.4 cm³/mol. The van der Waals surface area contributed by atoms with Crippen molar-refractivity contribution in [3.8, 4) is 0 Å². The molecule has 0 bridgehead atoms. The molecule has 3 nitrogen and oxygen atoms in total. The van der Waals surface area contributed by atoms with Crippen LogP contribution in [0.1, 0.15) is 0 Å². The van der Waals surface area contributed by atoms with Crippen LogP contribution in [-0.4, -0.2) is 11.3 Å². The smallest absolute Gasteiger partial charge is 0.197 e. The molecule has 0 saturated heterocycles. The maximum atomic E-state index is 5.81. The van der Waals surface area contributed by atoms with E-state index in [1.807, 2.05) is 6.08 Å². The quantitative estimate of drug-likeness (QED) is 0.560. The largest absolute Gasteiger partial charge is 0.361 e. The lowest BCUT2D eigenvalue weighted by Gasteiger charge is -2.16. The van der Waals surface area contributed by atoms with Crippen LogP contribution in [0.5, 0.6) is 0 Å². The first-order valence-electron chi connectivity index (χ1n) is 3.10. The summed E-state index contributed by atoms with van der Waals surface area (Å²) in [5.74, 6) is 0. The minimum Gasteiger partial charge on any atom is -0.361 e. The van der Waals surface area contributed by atoms with E-state index in [1.54, 1.807) is 6.20 Å². The van der Waals surface area contributed by atoms with Crippen LogP contribution in [0.3, 0.4) is 0 Å². The number of amidine groups is 1. The Hall–Kier alpha value is -0.670. The summed E-state index contributed by atoms with van der Waals surface area (Å²) in [5, 5.41) is 6.52. The van der Waals surface area contributed by atoms with Crippen molar-refractivity contribution in [2.24, 2.45) is 4.99 Å². The lowest BCUT2D eigenvalue weighted by molar-refractivity contribution is 0.864. The first-order valence-corrected chi connectivity index (χ1v) is 3.86. The number of fused-ring (bicyclic) bond motifs is 1. The van der Waals surface area contributed by atoms with E-state index in [1.165, 1.54) is 0 Å². The molecule has 2 heterocycles. The van der Waals surface area contributed by atoms with Gasteiger partial charge in [-0.05, 0) is 23.9 Å². The van der Waals surface area contributed by atoms with Crippen molar-refractivity contribution in [2.45, 2.75) is 6.04 Å². The molecule has 0 aromatic rings. The molecule has 11 heavy (non-hydrogen) atoms. The average Bonchev–Trinajstić information content (AvgIpc) is 2.34. The molecule has 58 valence electrons. The van der Waals surface area contributed by atoms with Gasteiger partial charge in [0.2, 0.25) is 0 Å². The van der Waals surface area contributed by atoms with Crippen molar-refractivity contribution in [3.63, 3.8) is 0 Å². The Morgan fingerprint density at radius 1 is 1.45 bits per heavy atom. The fourth-order valence-electron chi connectivity index (χ4n) is 1.02. The lowest BCUT2D eigenvalue weighted by atomic mass is 10.2. The number of hydrogen-bond acceptors (Lipinski definition) is 3. The second-order valence-electron chi connectivity index (χ2n) is 2.22. The normalized spacial score (nSPS) is 27.5. The third-order valence-corrected chi connectivity index (χ3v) is 2.01. The van der Waals surface area contributed by atoms with Crippen molar-refractivity contribution >= 4 is 28.5 Å². The van der Waals surface area contributed by atoms with Gasteiger partial charge in [0.1, 0.15) is 11.2 Å². The molecule has 2 aliphatic rings. The van der Waals surface area contributed by atoms with Crippen LogP contribution in [0, 0.1) is 0 Å². The van der Waals surface area contributed by atoms with Crippen LogP contribution >= 0.6 is 23.2 Å². The van der Waals surface area contributed by atoms with Gasteiger partial charge in [0.05, 0.1) is 5.70 Å². The highest BCUT2D eigenvalue weighted by molar-refractivity contribution is 6.65. The van der Waals surface area contributed by atoms with E-state index in [2.05, 4.69) is 15.6 Å². The number of nitrogens with one attached hydrogen (secondary N) is 2. The molecular formula is C6H5Cl2N3. The third-order valence-electron chi connectivity index (χ3n) is 1.51. The Labute approximate surface area is 73.8 Å². The second kappa shape index (κ2) is 2.43. The summed E-state index contributed by atoms with van der Waals surface area (Å²) in [5.41, 5.74) is 0.857. The zero-order valence-corrected chi connectivity index (χ0v) is 6.95. The van der Waals surface area contributed by atoms with Crippen molar-refractivity contribution in [2.75, 3.05) is 0 Å². The molecule has 0 saturated carbocycles. The van der Waals surface area contributed by atoms with Crippen LogP contribution in [0.15, 0.2) is 28.1 Å². The van der Waals surface area contributed by atoms with Crippen molar-refractivity contribution in [3.05, 3.63) is 23.1 Å². The van der Waals surface area contributed by atoms with Crippen molar-refractivity contribution in [1.82, 2.24) is 10.6 Å². The molecule has 0 aliphatic carbocycles. The number of rotatable bonds is 0. The number of halogens is 2. The van der Waals surface area contributed by atoms with Crippen LogP contribution in [0.2, 0.25) is 0 Å². The summed E-state index contributed by atoms with van der Waals surface area (Å²) in [6.45, 7) is 0. The molecule has 0 aromatic carbocycles. The van der Waals surface area contributed by atoms with Crippen molar-refractivity contribution in [1.29, 1.82) is 0 Å². The van der Waals surface area contributed by atoms with Gasteiger partial charge in [-0.1, -0.05) is 11.6 Å². The van der Waals surface area contributed by atoms with Gasteiger partial charge >= 0.3 is 0 Å². The fourth-order valence-corrected chi connectivity index (χ4v) is 1.53. The molecule has 0 aromatic heterocycles. The molecule has 1 unspecified atom stereocenters. The average molecular weight is 190 g/mol. The SMILES string of the molecule is ClC1=NC2C=CNC2=C(Cl)N1. The molecule has 2 N–H and O–H groups in total. The first-order chi connectivity index (χ1) is 5.27. The molecule has 0 spiro atoms. The number of nitrogens with zero attached hydrogens (tertiary/aromatic N) is 1. The predicted octanol–water partition coefficient (Wildman–Crippen LogP) is 1.08. The zero-order valence-electron chi connectivity index (χ0n) is 5.44. The molecule has 2 rings (SSSR count). The van der Waals surface area contributed by atoms with Gasteiger partial charge in [-0.25, -0.2) is 4.99 Å². The standard InChI is InChI=1S/C6H5Cl2N3/c7-5-4-3(1-2-9-4)10-6(8)11-5/h1-3,9H,(H,10,11). The van der Waals surface area contributed by atoms with Gasteiger partial charge in [0, 0.05) is 0 Å². The van der Waals surface area contributed by atoms with E-state index >= 15 is 0 Å². The van der Waals surface area contributed by atoms with E-state index in [9.17, 15) is 0 Å². The Morgan fingerprint density at radius 2 is 2.27 bits per heavy atom. The van der Waals surface area contributed by atoms with Gasteiger partial charge in [-0.15, -0.1) is 0 Å². The number of aliphatic imine (C=N–C) groups is 1. The van der Waals surface area contributed by atoms with E-state index < -0.39 is 0 Å². The van der Waals surface area contributed by atoms with Gasteiger partial charge < -0.3 is 10.6 Å². The van der Waals surface area contributed by atoms with Crippen LogP contribution < -0.4 is 10.6 Å². The van der Waals surface area contributed by atoms with Crippen molar-refractivity contribution < 1.29 is 0 Å². The summed E-state index contributed by atoms with van der Waals surface area (Å²) in [4.78, 5) is 4.07. The highest BCUT2D eigenvalue weighted by Crippen LogP contribution is 2.21.